The molecule has 0 atom stereocenters. The summed E-state index contributed by atoms with van der Waals surface area (Å²) in [6.45, 7) is 0.726. The van der Waals surface area contributed by atoms with Crippen LogP contribution in [0, 0.1) is 0 Å². The fourth-order valence-corrected chi connectivity index (χ4v) is 2.07. The predicted molar refractivity (Wildman–Crippen MR) is 79.3 cm³/mol. The number of hydrogen-bond donors (Lipinski definition) is 0. The maximum Gasteiger partial charge on any atom is 0.132 e. The van der Waals surface area contributed by atoms with Gasteiger partial charge < -0.3 is 9.30 Å². The van der Waals surface area contributed by atoms with Crippen LogP contribution in [0.3, 0.4) is 0 Å². The maximum absolute atomic E-state index is 5.92. The first-order chi connectivity index (χ1) is 9.81. The van der Waals surface area contributed by atoms with Crippen LogP contribution in [0.5, 0.6) is 11.5 Å². The third kappa shape index (κ3) is 3.00. The molecule has 0 saturated carbocycles. The topological polar surface area (TPSA) is 27.1 Å². The molecule has 2 aromatic carbocycles. The lowest BCUT2D eigenvalue weighted by atomic mass is 10.2. The average Bonchev–Trinajstić information content (AvgIpc) is 2.96. The number of halogens is 1. The molecule has 0 unspecified atom stereocenters. The minimum absolute atomic E-state index is 0.698. The molecule has 3 aromatic rings. The smallest absolute Gasteiger partial charge is 0.132 e. The molecule has 100 valence electrons. The van der Waals surface area contributed by atoms with Crippen molar-refractivity contribution < 1.29 is 4.74 Å². The number of rotatable bonds is 4. The van der Waals surface area contributed by atoms with Gasteiger partial charge in [-0.1, -0.05) is 29.8 Å². The van der Waals surface area contributed by atoms with Crippen molar-refractivity contribution in [3.63, 3.8) is 0 Å². The molecule has 1 heterocycles. The van der Waals surface area contributed by atoms with Gasteiger partial charge in [-0.2, -0.15) is 0 Å². The molecule has 0 radical (unpaired) electrons. The molecule has 1 aromatic heterocycles. The zero-order chi connectivity index (χ0) is 13.8. The van der Waals surface area contributed by atoms with Crippen LogP contribution in [0.25, 0.3) is 0 Å². The second kappa shape index (κ2) is 5.80. The molecule has 3 rings (SSSR count). The van der Waals surface area contributed by atoms with Crippen molar-refractivity contribution in [1.82, 2.24) is 9.55 Å². The number of aromatic nitrogens is 2. The van der Waals surface area contributed by atoms with E-state index < -0.39 is 0 Å². The molecule has 0 N–H and O–H groups in total. The van der Waals surface area contributed by atoms with Gasteiger partial charge in [0, 0.05) is 23.0 Å². The van der Waals surface area contributed by atoms with Crippen molar-refractivity contribution in [2.24, 2.45) is 0 Å². The van der Waals surface area contributed by atoms with Gasteiger partial charge in [-0.25, -0.2) is 4.98 Å². The van der Waals surface area contributed by atoms with E-state index in [1.807, 2.05) is 59.3 Å². The second-order valence-corrected chi connectivity index (χ2v) is 4.84. The SMILES string of the molecule is Clc1ccc(Oc2ccccc2Cn2ccnc2)cc1. The third-order valence-corrected chi connectivity index (χ3v) is 3.18. The summed E-state index contributed by atoms with van der Waals surface area (Å²) >= 11 is 5.87. The van der Waals surface area contributed by atoms with Crippen LogP contribution in [0.1, 0.15) is 5.56 Å². The monoisotopic (exact) mass is 284 g/mol. The summed E-state index contributed by atoms with van der Waals surface area (Å²) in [5.74, 6) is 1.61. The normalized spacial score (nSPS) is 10.4. The Kier molecular flexibility index (Phi) is 3.70. The second-order valence-electron chi connectivity index (χ2n) is 4.40. The number of para-hydroxylation sites is 1. The van der Waals surface area contributed by atoms with Crippen LogP contribution < -0.4 is 4.74 Å². The van der Waals surface area contributed by atoms with E-state index in [9.17, 15) is 0 Å². The van der Waals surface area contributed by atoms with Gasteiger partial charge in [-0.3, -0.25) is 0 Å². The number of imidazole rings is 1. The summed E-state index contributed by atoms with van der Waals surface area (Å²) in [5, 5.41) is 0.698. The van der Waals surface area contributed by atoms with Crippen LogP contribution in [-0.2, 0) is 6.54 Å². The summed E-state index contributed by atoms with van der Waals surface area (Å²) < 4.78 is 7.92. The Morgan fingerprint density at radius 1 is 1.05 bits per heavy atom. The molecule has 0 spiro atoms. The fraction of sp³-hybridized carbons (Fsp3) is 0.0625. The maximum atomic E-state index is 5.92. The summed E-state index contributed by atoms with van der Waals surface area (Å²) in [4.78, 5) is 4.05. The van der Waals surface area contributed by atoms with Crippen LogP contribution in [0.4, 0.5) is 0 Å². The lowest BCUT2D eigenvalue weighted by molar-refractivity contribution is 0.474. The summed E-state index contributed by atoms with van der Waals surface area (Å²) in [6, 6.07) is 15.3. The van der Waals surface area contributed by atoms with Gasteiger partial charge in [0.25, 0.3) is 0 Å². The lowest BCUT2D eigenvalue weighted by Gasteiger charge is -2.11. The summed E-state index contributed by atoms with van der Waals surface area (Å²) in [5.41, 5.74) is 1.10. The molecule has 0 saturated heterocycles. The third-order valence-electron chi connectivity index (χ3n) is 2.93. The van der Waals surface area contributed by atoms with E-state index in [1.165, 1.54) is 0 Å². The first-order valence-corrected chi connectivity index (χ1v) is 6.66. The van der Waals surface area contributed by atoms with E-state index in [0.717, 1.165) is 23.6 Å². The van der Waals surface area contributed by atoms with E-state index in [2.05, 4.69) is 4.98 Å². The van der Waals surface area contributed by atoms with Gasteiger partial charge in [0.2, 0.25) is 0 Å². The highest BCUT2D eigenvalue weighted by atomic mass is 35.5. The van der Waals surface area contributed by atoms with E-state index in [-0.39, 0.29) is 0 Å². The first-order valence-electron chi connectivity index (χ1n) is 6.28. The fourth-order valence-electron chi connectivity index (χ4n) is 1.94. The van der Waals surface area contributed by atoms with Gasteiger partial charge in [-0.15, -0.1) is 0 Å². The minimum atomic E-state index is 0.698. The van der Waals surface area contributed by atoms with Crippen molar-refractivity contribution in [3.8, 4) is 11.5 Å². The molecular weight excluding hydrogens is 272 g/mol. The lowest BCUT2D eigenvalue weighted by Crippen LogP contribution is -1.99. The van der Waals surface area contributed by atoms with Crippen molar-refractivity contribution >= 4 is 11.6 Å². The molecule has 0 bridgehead atoms. The molecule has 0 aliphatic carbocycles. The van der Waals surface area contributed by atoms with Gasteiger partial charge in [0.15, 0.2) is 0 Å². The Bertz CT molecular complexity index is 678. The number of hydrogen-bond acceptors (Lipinski definition) is 2. The van der Waals surface area contributed by atoms with Crippen molar-refractivity contribution in [1.29, 1.82) is 0 Å². The van der Waals surface area contributed by atoms with E-state index in [4.69, 9.17) is 16.3 Å². The number of nitrogens with zero attached hydrogens (tertiary/aromatic N) is 2. The first kappa shape index (κ1) is 12.8. The number of benzene rings is 2. The highest BCUT2D eigenvalue weighted by molar-refractivity contribution is 6.30. The summed E-state index contributed by atoms with van der Waals surface area (Å²) in [7, 11) is 0. The van der Waals surface area contributed by atoms with Crippen LogP contribution in [-0.4, -0.2) is 9.55 Å². The van der Waals surface area contributed by atoms with Gasteiger partial charge >= 0.3 is 0 Å². The van der Waals surface area contributed by atoms with E-state index in [0.29, 0.717) is 5.02 Å². The van der Waals surface area contributed by atoms with Crippen LogP contribution >= 0.6 is 11.6 Å². The Morgan fingerprint density at radius 3 is 2.60 bits per heavy atom. The Hall–Kier alpha value is -2.26. The van der Waals surface area contributed by atoms with Crippen LogP contribution in [0.15, 0.2) is 67.3 Å². The number of ether oxygens (including phenoxy) is 1. The molecule has 0 aliphatic heterocycles. The summed E-state index contributed by atoms with van der Waals surface area (Å²) in [6.07, 6.45) is 5.49. The van der Waals surface area contributed by atoms with Crippen LogP contribution in [0.2, 0.25) is 5.02 Å². The highest BCUT2D eigenvalue weighted by Crippen LogP contribution is 2.26. The molecule has 4 heteroatoms. The highest BCUT2D eigenvalue weighted by Gasteiger charge is 2.05. The molecule has 0 aliphatic rings. The quantitative estimate of drug-likeness (QED) is 0.711. The van der Waals surface area contributed by atoms with Gasteiger partial charge in [-0.05, 0) is 30.3 Å². The zero-order valence-corrected chi connectivity index (χ0v) is 11.5. The van der Waals surface area contributed by atoms with Crippen molar-refractivity contribution in [2.45, 2.75) is 6.54 Å². The zero-order valence-electron chi connectivity index (χ0n) is 10.7. The Labute approximate surface area is 122 Å². The Balaban J connectivity index is 1.84. The van der Waals surface area contributed by atoms with E-state index >= 15 is 0 Å². The largest absolute Gasteiger partial charge is 0.457 e. The minimum Gasteiger partial charge on any atom is -0.457 e. The molecule has 0 fully saturated rings. The van der Waals surface area contributed by atoms with Gasteiger partial charge in [0.05, 0.1) is 12.9 Å². The molecular formula is C16H13ClN2O. The predicted octanol–water partition coefficient (Wildman–Crippen LogP) is 4.38. The standard InChI is InChI=1S/C16H13ClN2O/c17-14-5-7-15(8-6-14)20-16-4-2-1-3-13(16)11-19-10-9-18-12-19/h1-10,12H,11H2. The average molecular weight is 285 g/mol. The van der Waals surface area contributed by atoms with Crippen molar-refractivity contribution in [3.05, 3.63) is 77.8 Å². The van der Waals surface area contributed by atoms with Gasteiger partial charge in [0.1, 0.15) is 11.5 Å². The molecule has 0 amide bonds. The van der Waals surface area contributed by atoms with E-state index in [1.54, 1.807) is 12.5 Å². The van der Waals surface area contributed by atoms with Crippen molar-refractivity contribution in [2.75, 3.05) is 0 Å². The molecule has 20 heavy (non-hydrogen) atoms. The Morgan fingerprint density at radius 2 is 1.85 bits per heavy atom. The molecule has 3 nitrogen and oxygen atoms in total.